The van der Waals surface area contributed by atoms with E-state index in [1.165, 1.54) is 263 Å². The molecule has 0 rings (SSSR count). The van der Waals surface area contributed by atoms with Crippen molar-refractivity contribution in [3.05, 3.63) is 109 Å². The van der Waals surface area contributed by atoms with E-state index in [-0.39, 0.29) is 32.0 Å². The maximum Gasteiger partial charge on any atom is 0.306 e. The van der Waals surface area contributed by atoms with Crippen LogP contribution in [-0.4, -0.2) is 70.0 Å². The Balaban J connectivity index is 3.95. The Morgan fingerprint density at radius 2 is 0.582 bits per heavy atom. The number of likely N-dealkylation sites (N-methyl/N-ethyl adjacent to an activating group) is 1. The minimum atomic E-state index is -4.65. The second-order valence-corrected chi connectivity index (χ2v) is 30.5. The zero-order valence-electron chi connectivity index (χ0n) is 65.0. The number of nitrogens with zero attached hydrogens (tertiary/aromatic N) is 1. The zero-order chi connectivity index (χ0) is 71.1. The van der Waals surface area contributed by atoms with Crippen LogP contribution in [0.3, 0.4) is 0 Å². The standard InChI is InChI=1S/C88H158NO8P/c1-6-8-10-12-14-16-18-20-22-24-26-28-30-32-34-36-38-40-42-43-44-45-47-49-51-53-55-57-59-61-63-65-67-69-71-73-75-77-79-81-88(91)97-86(85-96-98(92,93)95-83-82-89(3,4)5)84-94-87(90)80-78-76-74-72-70-68-66-64-62-60-58-56-54-52-50-48-46-41-39-37-35-33-31-29-27-25-23-21-19-17-15-13-11-9-7-2/h8,10,14,16,20,22,25-28,32,34,38,40,43-44,47,49,86H,6-7,9,11-13,15,17-19,21,23-24,29-31,33,35-37,39,41-42,45-46,48,50-85H2,1-5H3/b10-8-,16-14-,22-20-,27-25-,28-26-,34-32-,40-38-,44-43-,49-47-. The van der Waals surface area contributed by atoms with E-state index in [4.69, 9.17) is 18.5 Å². The summed E-state index contributed by atoms with van der Waals surface area (Å²) >= 11 is 0. The lowest BCUT2D eigenvalue weighted by atomic mass is 10.0. The van der Waals surface area contributed by atoms with E-state index in [9.17, 15) is 19.0 Å². The first-order chi connectivity index (χ1) is 48.0. The third-order valence-electron chi connectivity index (χ3n) is 18.3. The van der Waals surface area contributed by atoms with Gasteiger partial charge in [-0.25, -0.2) is 0 Å². The van der Waals surface area contributed by atoms with Crippen LogP contribution in [0.25, 0.3) is 0 Å². The molecule has 0 aliphatic rings. The number of carbonyl (C=O) groups excluding carboxylic acids is 2. The van der Waals surface area contributed by atoms with Crippen LogP contribution in [0.2, 0.25) is 0 Å². The number of esters is 2. The Hall–Kier alpha value is -3.33. The van der Waals surface area contributed by atoms with Crippen LogP contribution in [-0.2, 0) is 32.7 Å². The maximum atomic E-state index is 12.9. The summed E-state index contributed by atoms with van der Waals surface area (Å²) in [5.74, 6) is -0.820. The number of hydrogen-bond acceptors (Lipinski definition) is 8. The molecule has 0 heterocycles. The number of phosphoric ester groups is 1. The molecule has 2 atom stereocenters. The van der Waals surface area contributed by atoms with Crippen molar-refractivity contribution in [2.75, 3.05) is 47.5 Å². The molecule has 2 unspecified atom stereocenters. The van der Waals surface area contributed by atoms with Crippen molar-refractivity contribution in [2.45, 2.75) is 392 Å². The fourth-order valence-electron chi connectivity index (χ4n) is 12.0. The van der Waals surface area contributed by atoms with Crippen LogP contribution in [0.1, 0.15) is 386 Å². The molecule has 0 bridgehead atoms. The van der Waals surface area contributed by atoms with Crippen LogP contribution < -0.4 is 4.89 Å². The monoisotopic (exact) mass is 1390 g/mol. The third-order valence-corrected chi connectivity index (χ3v) is 19.2. The Morgan fingerprint density at radius 1 is 0.327 bits per heavy atom. The van der Waals surface area contributed by atoms with Crippen molar-refractivity contribution in [3.63, 3.8) is 0 Å². The summed E-state index contributed by atoms with van der Waals surface area (Å²) < 4.78 is 34.4. The average Bonchev–Trinajstić information content (AvgIpc) is 1.23. The second kappa shape index (κ2) is 77.8. The Bertz CT molecular complexity index is 2030. The van der Waals surface area contributed by atoms with Gasteiger partial charge in [0, 0.05) is 12.8 Å². The average molecular weight is 1390 g/mol. The number of quaternary nitrogens is 1. The fraction of sp³-hybridized carbons (Fsp3) is 0.773. The Morgan fingerprint density at radius 3 is 0.878 bits per heavy atom. The first-order valence-electron chi connectivity index (χ1n) is 41.6. The third kappa shape index (κ3) is 81.6. The minimum absolute atomic E-state index is 0.0323. The molecule has 568 valence electrons. The molecule has 0 aromatic rings. The van der Waals surface area contributed by atoms with Gasteiger partial charge in [-0.2, -0.15) is 0 Å². The SMILES string of the molecule is CC/C=C\C/C=C\C/C=C\C/C=C\C/C=C\C/C=C\C/C=C\C/C=C\CCCCCCCCCCCCCCCCC(=O)OC(COC(=O)CCCCCCCCCCCCCCCCCCCCCCCCC/C=C\CCCCCCCCCC)COP(=O)([O-])OCC[N+](C)(C)C. The largest absolute Gasteiger partial charge is 0.756 e. The topological polar surface area (TPSA) is 111 Å². The van der Waals surface area contributed by atoms with Gasteiger partial charge in [-0.3, -0.25) is 14.2 Å². The van der Waals surface area contributed by atoms with Gasteiger partial charge in [-0.1, -0.05) is 380 Å². The van der Waals surface area contributed by atoms with Crippen molar-refractivity contribution in [2.24, 2.45) is 0 Å². The number of carbonyl (C=O) groups is 2. The number of phosphoric acid groups is 1. The van der Waals surface area contributed by atoms with E-state index in [1.807, 2.05) is 21.1 Å². The van der Waals surface area contributed by atoms with Crippen molar-refractivity contribution >= 4 is 19.8 Å². The summed E-state index contributed by atoms with van der Waals surface area (Å²) in [5.41, 5.74) is 0. The number of rotatable bonds is 77. The van der Waals surface area contributed by atoms with Gasteiger partial charge in [0.05, 0.1) is 27.7 Å². The van der Waals surface area contributed by atoms with Crippen LogP contribution in [0.5, 0.6) is 0 Å². The molecular weight excluding hydrogens is 1230 g/mol. The van der Waals surface area contributed by atoms with E-state index in [2.05, 4.69) is 123 Å². The molecule has 98 heavy (non-hydrogen) atoms. The normalized spacial score (nSPS) is 13.6. The van der Waals surface area contributed by atoms with E-state index in [0.29, 0.717) is 17.4 Å². The van der Waals surface area contributed by atoms with E-state index >= 15 is 0 Å². The van der Waals surface area contributed by atoms with Gasteiger partial charge < -0.3 is 27.9 Å². The molecular formula is C88H158NO8P. The van der Waals surface area contributed by atoms with Gasteiger partial charge in [0.15, 0.2) is 6.10 Å². The molecule has 0 fully saturated rings. The quantitative estimate of drug-likeness (QED) is 0.0195. The molecule has 9 nitrogen and oxygen atoms in total. The molecule has 0 radical (unpaired) electrons. The van der Waals surface area contributed by atoms with E-state index < -0.39 is 26.5 Å². The summed E-state index contributed by atoms with van der Waals surface area (Å²) in [6.45, 7) is 4.18. The number of allylic oxidation sites excluding steroid dienone is 18. The van der Waals surface area contributed by atoms with Gasteiger partial charge in [-0.15, -0.1) is 0 Å². The first-order valence-corrected chi connectivity index (χ1v) is 43.1. The Kier molecular flexibility index (Phi) is 75.2. The lowest BCUT2D eigenvalue weighted by Gasteiger charge is -2.28. The number of unbranched alkanes of at least 4 members (excludes halogenated alkanes) is 45. The van der Waals surface area contributed by atoms with Crippen LogP contribution in [0.4, 0.5) is 0 Å². The molecule has 0 N–H and O–H groups in total. The fourth-order valence-corrected chi connectivity index (χ4v) is 12.7. The highest BCUT2D eigenvalue weighted by atomic mass is 31.2. The van der Waals surface area contributed by atoms with Crippen LogP contribution in [0, 0.1) is 0 Å². The molecule has 0 aliphatic carbocycles. The lowest BCUT2D eigenvalue weighted by molar-refractivity contribution is -0.870. The maximum absolute atomic E-state index is 12.9. The summed E-state index contributed by atoms with van der Waals surface area (Å²) in [6, 6.07) is 0. The van der Waals surface area contributed by atoms with Gasteiger partial charge in [0.1, 0.15) is 19.8 Å². The summed E-state index contributed by atoms with van der Waals surface area (Å²) in [4.78, 5) is 38.2. The summed E-state index contributed by atoms with van der Waals surface area (Å²) in [7, 11) is 1.17. The molecule has 0 aromatic carbocycles. The van der Waals surface area contributed by atoms with Gasteiger partial charge in [-0.05, 0) is 103 Å². The highest BCUT2D eigenvalue weighted by Crippen LogP contribution is 2.38. The van der Waals surface area contributed by atoms with Crippen molar-refractivity contribution in [1.82, 2.24) is 0 Å². The van der Waals surface area contributed by atoms with E-state index in [0.717, 1.165) is 89.9 Å². The predicted octanol–water partition coefficient (Wildman–Crippen LogP) is 27.3. The molecule has 0 saturated carbocycles. The highest BCUT2D eigenvalue weighted by molar-refractivity contribution is 7.45. The summed E-state index contributed by atoms with van der Waals surface area (Å²) in [5, 5.41) is 0. The molecule has 10 heteroatoms. The summed E-state index contributed by atoms with van der Waals surface area (Å²) in [6.07, 6.45) is 111. The van der Waals surface area contributed by atoms with E-state index in [1.54, 1.807) is 0 Å². The molecule has 0 saturated heterocycles. The van der Waals surface area contributed by atoms with Crippen molar-refractivity contribution in [1.29, 1.82) is 0 Å². The molecule has 0 aliphatic heterocycles. The molecule has 0 spiro atoms. The molecule has 0 aromatic heterocycles. The van der Waals surface area contributed by atoms with Crippen LogP contribution in [0.15, 0.2) is 109 Å². The minimum Gasteiger partial charge on any atom is -0.756 e. The predicted molar refractivity (Wildman–Crippen MR) is 425 cm³/mol. The van der Waals surface area contributed by atoms with Gasteiger partial charge in [0.2, 0.25) is 0 Å². The zero-order valence-corrected chi connectivity index (χ0v) is 65.9. The highest BCUT2D eigenvalue weighted by Gasteiger charge is 2.22. The smallest absolute Gasteiger partial charge is 0.306 e. The number of hydrogen-bond donors (Lipinski definition) is 0. The van der Waals surface area contributed by atoms with Gasteiger partial charge in [0.25, 0.3) is 7.82 Å². The second-order valence-electron chi connectivity index (χ2n) is 29.1. The van der Waals surface area contributed by atoms with Gasteiger partial charge >= 0.3 is 11.9 Å². The van der Waals surface area contributed by atoms with Crippen molar-refractivity contribution < 1.29 is 42.1 Å². The van der Waals surface area contributed by atoms with Crippen molar-refractivity contribution in [3.8, 4) is 0 Å². The van der Waals surface area contributed by atoms with Crippen LogP contribution >= 0.6 is 7.82 Å². The molecule has 0 amide bonds. The Labute approximate surface area is 607 Å². The number of ether oxygens (including phenoxy) is 2. The first kappa shape index (κ1) is 94.7. The lowest BCUT2D eigenvalue weighted by Crippen LogP contribution is -2.37.